The predicted molar refractivity (Wildman–Crippen MR) is 55.5 cm³/mol. The van der Waals surface area contributed by atoms with Crippen molar-refractivity contribution in [1.29, 1.82) is 0 Å². The number of rotatable bonds is 4. The van der Waals surface area contributed by atoms with E-state index in [1.807, 2.05) is 12.1 Å². The molecule has 3 nitrogen and oxygen atoms in total. The summed E-state index contributed by atoms with van der Waals surface area (Å²) < 4.78 is 0. The van der Waals surface area contributed by atoms with Crippen molar-refractivity contribution in [2.45, 2.75) is 12.8 Å². The Morgan fingerprint density at radius 3 is 2.86 bits per heavy atom. The molecule has 3 heteroatoms. The second-order valence-electron chi connectivity index (χ2n) is 2.84. The van der Waals surface area contributed by atoms with Gasteiger partial charge < -0.3 is 5.11 Å². The lowest BCUT2D eigenvalue weighted by molar-refractivity contribution is 0.390. The van der Waals surface area contributed by atoms with Gasteiger partial charge in [-0.2, -0.15) is 0 Å². The Kier molecular flexibility index (Phi) is 3.65. The average Bonchev–Trinajstić information content (AvgIpc) is 2.26. The van der Waals surface area contributed by atoms with Crippen molar-refractivity contribution in [2.75, 3.05) is 0 Å². The van der Waals surface area contributed by atoms with E-state index in [4.69, 9.17) is 5.11 Å². The zero-order chi connectivity index (χ0) is 10.4. The van der Waals surface area contributed by atoms with Crippen molar-refractivity contribution >= 4 is 5.69 Å². The quantitative estimate of drug-likeness (QED) is 0.449. The molecular formula is C11H11NO2. The monoisotopic (exact) mass is 189 g/mol. The molecule has 1 aromatic rings. The van der Waals surface area contributed by atoms with E-state index in [-0.39, 0.29) is 5.76 Å². The third-order valence-electron chi connectivity index (χ3n) is 1.93. The molecule has 0 spiro atoms. The summed E-state index contributed by atoms with van der Waals surface area (Å²) in [6.45, 7) is 3.32. The summed E-state index contributed by atoms with van der Waals surface area (Å²) >= 11 is 0. The van der Waals surface area contributed by atoms with Crippen LogP contribution in [0.4, 0.5) is 5.69 Å². The van der Waals surface area contributed by atoms with Crippen LogP contribution in [-0.2, 0) is 6.42 Å². The molecule has 0 saturated heterocycles. The van der Waals surface area contributed by atoms with Crippen molar-refractivity contribution in [2.24, 2.45) is 5.18 Å². The van der Waals surface area contributed by atoms with E-state index in [1.165, 1.54) is 0 Å². The van der Waals surface area contributed by atoms with Crippen LogP contribution in [-0.4, -0.2) is 5.11 Å². The van der Waals surface area contributed by atoms with Crippen LogP contribution in [0.25, 0.3) is 0 Å². The third kappa shape index (κ3) is 2.57. The zero-order valence-corrected chi connectivity index (χ0v) is 7.73. The number of nitroso groups, excluding NO2 is 1. The highest BCUT2D eigenvalue weighted by molar-refractivity contribution is 5.45. The molecule has 1 N–H and O–H groups in total. The van der Waals surface area contributed by atoms with Gasteiger partial charge in [-0.15, -0.1) is 4.91 Å². The SMILES string of the molecule is C=C=C(O)CCc1ccccc1N=O. The van der Waals surface area contributed by atoms with Gasteiger partial charge in [0.2, 0.25) is 0 Å². The first-order valence-corrected chi connectivity index (χ1v) is 4.27. The van der Waals surface area contributed by atoms with E-state index in [0.29, 0.717) is 18.5 Å². The molecular weight excluding hydrogens is 178 g/mol. The average molecular weight is 189 g/mol. The predicted octanol–water partition coefficient (Wildman–Crippen LogP) is 3.24. The van der Waals surface area contributed by atoms with Crippen molar-refractivity contribution in [3.63, 3.8) is 0 Å². The molecule has 72 valence electrons. The molecule has 0 bridgehead atoms. The molecule has 0 aliphatic carbocycles. The molecule has 0 aromatic heterocycles. The highest BCUT2D eigenvalue weighted by atomic mass is 16.3. The molecule has 0 fully saturated rings. The smallest absolute Gasteiger partial charge is 0.134 e. The van der Waals surface area contributed by atoms with Gasteiger partial charge in [-0.3, -0.25) is 0 Å². The Morgan fingerprint density at radius 1 is 1.50 bits per heavy atom. The minimum absolute atomic E-state index is 0.103. The lowest BCUT2D eigenvalue weighted by Gasteiger charge is -2.01. The Bertz CT molecular complexity index is 379. The first-order valence-electron chi connectivity index (χ1n) is 4.27. The van der Waals surface area contributed by atoms with E-state index < -0.39 is 0 Å². The zero-order valence-electron chi connectivity index (χ0n) is 7.73. The first-order chi connectivity index (χ1) is 6.77. The molecule has 0 aliphatic heterocycles. The number of nitrogens with zero attached hydrogens (tertiary/aromatic N) is 1. The minimum Gasteiger partial charge on any atom is -0.505 e. The van der Waals surface area contributed by atoms with Gasteiger partial charge >= 0.3 is 0 Å². The van der Waals surface area contributed by atoms with Crippen molar-refractivity contribution in [3.05, 3.63) is 52.8 Å². The minimum atomic E-state index is 0.103. The summed E-state index contributed by atoms with van der Waals surface area (Å²) in [7, 11) is 0. The number of hydrogen-bond donors (Lipinski definition) is 1. The number of aryl methyl sites for hydroxylation is 1. The van der Waals surface area contributed by atoms with Gasteiger partial charge in [-0.1, -0.05) is 30.5 Å². The molecule has 0 aliphatic rings. The van der Waals surface area contributed by atoms with Gasteiger partial charge in [0.15, 0.2) is 0 Å². The standard InChI is InChI=1S/C11H11NO2/c1-2-10(13)8-7-9-5-3-4-6-11(9)12-14/h3-6,13H,1,7-8H2. The highest BCUT2D eigenvalue weighted by Crippen LogP contribution is 2.20. The summed E-state index contributed by atoms with van der Waals surface area (Å²) in [5.41, 5.74) is 3.63. The van der Waals surface area contributed by atoms with Gasteiger partial charge in [0, 0.05) is 6.42 Å². The van der Waals surface area contributed by atoms with Crippen molar-refractivity contribution in [3.8, 4) is 0 Å². The van der Waals surface area contributed by atoms with Crippen molar-refractivity contribution < 1.29 is 5.11 Å². The van der Waals surface area contributed by atoms with E-state index in [9.17, 15) is 4.91 Å². The molecule has 1 aromatic carbocycles. The largest absolute Gasteiger partial charge is 0.505 e. The topological polar surface area (TPSA) is 49.7 Å². The second kappa shape index (κ2) is 5.00. The van der Waals surface area contributed by atoms with Crippen molar-refractivity contribution in [1.82, 2.24) is 0 Å². The van der Waals surface area contributed by atoms with Crippen LogP contribution in [0, 0.1) is 4.91 Å². The number of allylic oxidation sites excluding steroid dienone is 1. The van der Waals surface area contributed by atoms with Gasteiger partial charge in [0.25, 0.3) is 0 Å². The molecule has 0 heterocycles. The van der Waals surface area contributed by atoms with Gasteiger partial charge in [0.1, 0.15) is 11.4 Å². The van der Waals surface area contributed by atoms with Gasteiger partial charge in [-0.05, 0) is 23.2 Å². The maximum atomic E-state index is 10.4. The number of hydrogen-bond acceptors (Lipinski definition) is 3. The number of aliphatic hydroxyl groups is 1. The van der Waals surface area contributed by atoms with Crippen LogP contribution in [0.5, 0.6) is 0 Å². The summed E-state index contributed by atoms with van der Waals surface area (Å²) in [6.07, 6.45) is 0.992. The van der Waals surface area contributed by atoms with Gasteiger partial charge in [-0.25, -0.2) is 0 Å². The van der Waals surface area contributed by atoms with E-state index in [2.05, 4.69) is 17.5 Å². The fourth-order valence-corrected chi connectivity index (χ4v) is 1.15. The highest BCUT2D eigenvalue weighted by Gasteiger charge is 2.02. The molecule has 14 heavy (non-hydrogen) atoms. The molecule has 0 radical (unpaired) electrons. The third-order valence-corrected chi connectivity index (χ3v) is 1.93. The van der Waals surface area contributed by atoms with Crippen LogP contribution in [0.15, 0.2) is 47.5 Å². The molecule has 0 atom stereocenters. The fraction of sp³-hybridized carbons (Fsp3) is 0.182. The van der Waals surface area contributed by atoms with Crippen LogP contribution in [0.2, 0.25) is 0 Å². The second-order valence-corrected chi connectivity index (χ2v) is 2.84. The van der Waals surface area contributed by atoms with E-state index >= 15 is 0 Å². The molecule has 0 saturated carbocycles. The summed E-state index contributed by atoms with van der Waals surface area (Å²) in [5.74, 6) is 0.103. The summed E-state index contributed by atoms with van der Waals surface area (Å²) in [4.78, 5) is 10.4. The number of aliphatic hydroxyl groups excluding tert-OH is 1. The Labute approximate surface area is 82.4 Å². The molecule has 1 rings (SSSR count). The maximum absolute atomic E-state index is 10.4. The van der Waals surface area contributed by atoms with E-state index in [0.717, 1.165) is 5.56 Å². The Balaban J connectivity index is 2.76. The summed E-state index contributed by atoms with van der Waals surface area (Å²) in [5, 5.41) is 12.0. The lowest BCUT2D eigenvalue weighted by Crippen LogP contribution is -1.87. The molecule has 0 amide bonds. The van der Waals surface area contributed by atoms with Gasteiger partial charge in [0.05, 0.1) is 0 Å². The molecule has 0 unspecified atom stereocenters. The van der Waals surface area contributed by atoms with Crippen LogP contribution >= 0.6 is 0 Å². The normalized spacial score (nSPS) is 9.14. The van der Waals surface area contributed by atoms with Crippen LogP contribution < -0.4 is 0 Å². The first kappa shape index (κ1) is 10.2. The fourth-order valence-electron chi connectivity index (χ4n) is 1.15. The van der Waals surface area contributed by atoms with Crippen LogP contribution in [0.1, 0.15) is 12.0 Å². The maximum Gasteiger partial charge on any atom is 0.134 e. The number of benzene rings is 1. The van der Waals surface area contributed by atoms with Crippen LogP contribution in [0.3, 0.4) is 0 Å². The Hall–Kier alpha value is -1.86. The van der Waals surface area contributed by atoms with E-state index in [1.54, 1.807) is 12.1 Å². The summed E-state index contributed by atoms with van der Waals surface area (Å²) in [6, 6.07) is 7.05. The lowest BCUT2D eigenvalue weighted by atomic mass is 10.1. The Morgan fingerprint density at radius 2 is 2.21 bits per heavy atom.